The van der Waals surface area contributed by atoms with E-state index in [0.29, 0.717) is 5.03 Å². The van der Waals surface area contributed by atoms with Gasteiger partial charge in [-0.05, 0) is 5.87 Å². The Bertz CT molecular complexity index is 221. The van der Waals surface area contributed by atoms with Crippen molar-refractivity contribution in [1.29, 1.82) is 0 Å². The summed E-state index contributed by atoms with van der Waals surface area (Å²) in [6, 6.07) is 0. The van der Waals surface area contributed by atoms with Gasteiger partial charge in [0.15, 0.2) is 0 Å². The van der Waals surface area contributed by atoms with Gasteiger partial charge in [0.05, 0.1) is 0 Å². The molecule has 0 unspecified atom stereocenters. The Balaban J connectivity index is -0.0000000881. The molecule has 0 atom stereocenters. The molecular formula is C16H33NOSSn. The first-order valence-corrected chi connectivity index (χ1v) is 8.34. The summed E-state index contributed by atoms with van der Waals surface area (Å²) in [5.41, 5.74) is 0. The molecule has 4 radical (unpaired) electrons. The van der Waals surface area contributed by atoms with Gasteiger partial charge in [0.25, 0.3) is 0 Å². The Morgan fingerprint density at radius 1 is 0.950 bits per heavy atom. The normalized spacial score (nSPS) is 12.2. The molecule has 0 saturated heterocycles. The van der Waals surface area contributed by atoms with E-state index in [4.69, 9.17) is 5.11 Å². The largest absolute Gasteiger partial charge is 0.513 e. The molecule has 0 saturated carbocycles. The zero-order valence-corrected chi connectivity index (χ0v) is 17.9. The molecular weight excluding hydrogens is 373 g/mol. The SMILES string of the molecule is CCCC.CCCC.CCCC.OC=C1N=C=CS1.[Sn]. The van der Waals surface area contributed by atoms with Crippen LogP contribution < -0.4 is 0 Å². The van der Waals surface area contributed by atoms with Crippen LogP contribution in [0.1, 0.15) is 80.1 Å². The van der Waals surface area contributed by atoms with Crippen molar-refractivity contribution in [3.8, 4) is 0 Å². The number of aliphatic imine (C=N–C) groups is 1. The van der Waals surface area contributed by atoms with Crippen LogP contribution in [0.3, 0.4) is 0 Å². The van der Waals surface area contributed by atoms with Crippen molar-refractivity contribution in [3.63, 3.8) is 0 Å². The number of thioether (sulfide) groups is 1. The van der Waals surface area contributed by atoms with E-state index in [9.17, 15) is 0 Å². The number of aliphatic hydroxyl groups is 1. The second-order valence-corrected chi connectivity index (χ2v) is 4.83. The molecule has 0 bridgehead atoms. The number of nitrogens with zero attached hydrogens (tertiary/aromatic N) is 1. The molecule has 4 heteroatoms. The van der Waals surface area contributed by atoms with Gasteiger partial charge in [0.2, 0.25) is 0 Å². The fourth-order valence-corrected chi connectivity index (χ4v) is 0.655. The van der Waals surface area contributed by atoms with Gasteiger partial charge in [-0.3, -0.25) is 0 Å². The molecule has 1 rings (SSSR count). The van der Waals surface area contributed by atoms with Crippen molar-refractivity contribution in [2.45, 2.75) is 80.1 Å². The first-order chi connectivity index (χ1) is 9.17. The average Bonchev–Trinajstić information content (AvgIpc) is 3.01. The molecule has 118 valence electrons. The molecule has 0 spiro atoms. The fraction of sp³-hybridized carbons (Fsp3) is 0.750. The van der Waals surface area contributed by atoms with E-state index in [2.05, 4.69) is 52.4 Å². The summed E-state index contributed by atoms with van der Waals surface area (Å²) in [4.78, 5) is 3.62. The van der Waals surface area contributed by atoms with Crippen LogP contribution in [-0.4, -0.2) is 34.9 Å². The number of hydrogen-bond donors (Lipinski definition) is 1. The third-order valence-electron chi connectivity index (χ3n) is 2.02. The van der Waals surface area contributed by atoms with Crippen molar-refractivity contribution in [2.24, 2.45) is 4.99 Å². The van der Waals surface area contributed by atoms with Gasteiger partial charge < -0.3 is 5.11 Å². The van der Waals surface area contributed by atoms with Crippen LogP contribution in [-0.2, 0) is 0 Å². The molecule has 1 aliphatic heterocycles. The summed E-state index contributed by atoms with van der Waals surface area (Å²) in [5, 5.41) is 10.5. The van der Waals surface area contributed by atoms with Gasteiger partial charge in [-0.1, -0.05) is 91.8 Å². The summed E-state index contributed by atoms with van der Waals surface area (Å²) in [5.74, 6) is 2.56. The van der Waals surface area contributed by atoms with Crippen LogP contribution in [0.25, 0.3) is 0 Å². The van der Waals surface area contributed by atoms with Gasteiger partial charge >= 0.3 is 0 Å². The molecule has 0 aliphatic carbocycles. The van der Waals surface area contributed by atoms with Crippen LogP contribution in [0, 0.1) is 0 Å². The van der Waals surface area contributed by atoms with Crippen molar-refractivity contribution in [3.05, 3.63) is 16.7 Å². The van der Waals surface area contributed by atoms with Crippen LogP contribution >= 0.6 is 11.8 Å². The van der Waals surface area contributed by atoms with Crippen LogP contribution in [0.15, 0.2) is 21.7 Å². The third-order valence-corrected chi connectivity index (χ3v) is 2.68. The number of aliphatic hydroxyl groups excluding tert-OH is 1. The average molecular weight is 406 g/mol. The van der Waals surface area contributed by atoms with Gasteiger partial charge in [0, 0.05) is 29.3 Å². The molecule has 20 heavy (non-hydrogen) atoms. The summed E-state index contributed by atoms with van der Waals surface area (Å²) < 4.78 is 0. The summed E-state index contributed by atoms with van der Waals surface area (Å²) in [6.45, 7) is 13.1. The Hall–Kier alpha value is 0.139. The standard InChI is InChI=1S/C4H3NOS.3C4H10.Sn/c6-3-4-5-1-2-7-4;3*1-3-4-2;/h2-3,6H;3*3-4H2,1-2H3;. The summed E-state index contributed by atoms with van der Waals surface area (Å²) in [6.07, 6.45) is 8.88. The second-order valence-electron chi connectivity index (χ2n) is 3.94. The minimum atomic E-state index is 0. The van der Waals surface area contributed by atoms with Crippen LogP contribution in [0.5, 0.6) is 0 Å². The first kappa shape index (κ1) is 28.3. The maximum absolute atomic E-state index is 8.23. The van der Waals surface area contributed by atoms with E-state index < -0.39 is 0 Å². The van der Waals surface area contributed by atoms with Crippen molar-refractivity contribution in [1.82, 2.24) is 0 Å². The van der Waals surface area contributed by atoms with Gasteiger partial charge in [-0.2, -0.15) is 4.99 Å². The minimum Gasteiger partial charge on any atom is -0.513 e. The topological polar surface area (TPSA) is 32.6 Å². The molecule has 0 amide bonds. The van der Waals surface area contributed by atoms with E-state index in [-0.39, 0.29) is 23.9 Å². The molecule has 1 aliphatic rings. The van der Waals surface area contributed by atoms with Crippen molar-refractivity contribution in [2.75, 3.05) is 0 Å². The molecule has 0 aromatic carbocycles. The summed E-state index contributed by atoms with van der Waals surface area (Å²) >= 11 is 1.35. The van der Waals surface area contributed by atoms with E-state index >= 15 is 0 Å². The molecule has 1 N–H and O–H groups in total. The summed E-state index contributed by atoms with van der Waals surface area (Å²) in [7, 11) is 0. The van der Waals surface area contributed by atoms with Gasteiger partial charge in [0.1, 0.15) is 11.3 Å². The molecule has 0 fully saturated rings. The quantitative estimate of drug-likeness (QED) is 0.440. The van der Waals surface area contributed by atoms with E-state index in [1.807, 2.05) is 0 Å². The minimum absolute atomic E-state index is 0. The predicted molar refractivity (Wildman–Crippen MR) is 97.8 cm³/mol. The molecule has 0 aromatic heterocycles. The monoisotopic (exact) mass is 407 g/mol. The third kappa shape index (κ3) is 36.2. The van der Waals surface area contributed by atoms with Crippen molar-refractivity contribution >= 4 is 41.5 Å². The number of unbranched alkanes of at least 4 members (excludes halogenated alkanes) is 3. The van der Waals surface area contributed by atoms with Gasteiger partial charge in [-0.15, -0.1) is 0 Å². The van der Waals surface area contributed by atoms with E-state index in [1.165, 1.54) is 50.3 Å². The van der Waals surface area contributed by atoms with E-state index in [0.717, 1.165) is 6.26 Å². The smallest absolute Gasteiger partial charge is 0.145 e. The fourth-order valence-electron chi connectivity index (χ4n) is 0.262. The zero-order valence-electron chi connectivity index (χ0n) is 14.2. The predicted octanol–water partition coefficient (Wildman–Crippen LogP) is 6.31. The molecule has 1 heterocycles. The Morgan fingerprint density at radius 3 is 1.40 bits per heavy atom. The van der Waals surface area contributed by atoms with Gasteiger partial charge in [-0.25, -0.2) is 0 Å². The molecule has 2 nitrogen and oxygen atoms in total. The Labute approximate surface area is 148 Å². The Morgan fingerprint density at radius 2 is 1.30 bits per heavy atom. The maximum atomic E-state index is 8.23. The first-order valence-electron chi connectivity index (χ1n) is 7.47. The molecule has 0 aromatic rings. The maximum Gasteiger partial charge on any atom is 0.145 e. The zero-order chi connectivity index (χ0) is 15.4. The Kier molecular flexibility index (Phi) is 44.6. The second kappa shape index (κ2) is 31.5. The van der Waals surface area contributed by atoms with E-state index in [1.54, 1.807) is 5.41 Å². The van der Waals surface area contributed by atoms with Crippen LogP contribution in [0.4, 0.5) is 0 Å². The van der Waals surface area contributed by atoms with Crippen molar-refractivity contribution < 1.29 is 5.11 Å². The number of rotatable bonds is 3. The number of hydrogen-bond acceptors (Lipinski definition) is 3. The van der Waals surface area contributed by atoms with Crippen LogP contribution in [0.2, 0.25) is 0 Å².